The molecule has 4 rings (SSSR count). The maximum absolute atomic E-state index is 12.2. The fraction of sp³-hybridized carbons (Fsp3) is 0.125. The second kappa shape index (κ2) is 6.69. The summed E-state index contributed by atoms with van der Waals surface area (Å²) < 4.78 is 10.4. The van der Waals surface area contributed by atoms with Gasteiger partial charge in [0, 0.05) is 10.3 Å². The first-order valence-electron chi connectivity index (χ1n) is 7.28. The zero-order valence-corrected chi connectivity index (χ0v) is 14.4. The monoisotopic (exact) mass is 373 g/mol. The third kappa shape index (κ3) is 3.42. The Hall–Kier alpha value is -2.65. The van der Waals surface area contributed by atoms with Gasteiger partial charge in [-0.25, -0.2) is 4.79 Å². The third-order valence-corrected chi connectivity index (χ3v) is 5.17. The minimum atomic E-state index is -0.519. The molecule has 3 aromatic rings. The predicted molar refractivity (Wildman–Crippen MR) is 92.5 cm³/mol. The Labute approximate surface area is 150 Å². The maximum Gasteiger partial charge on any atom is 0.338 e. The Morgan fingerprint density at radius 3 is 3.12 bits per heavy atom. The first-order valence-corrected chi connectivity index (χ1v) is 9.21. The van der Waals surface area contributed by atoms with Crippen molar-refractivity contribution in [3.05, 3.63) is 46.4 Å². The molecule has 0 spiro atoms. The van der Waals surface area contributed by atoms with Crippen molar-refractivity contribution >= 4 is 40.7 Å². The van der Waals surface area contributed by atoms with Gasteiger partial charge in [0.2, 0.25) is 11.7 Å². The minimum Gasteiger partial charge on any atom is -0.454 e. The van der Waals surface area contributed by atoms with Crippen LogP contribution in [0, 0.1) is 0 Å². The maximum atomic E-state index is 12.2. The molecule has 1 aliphatic rings. The summed E-state index contributed by atoms with van der Waals surface area (Å²) in [6, 6.07) is 6.93. The van der Waals surface area contributed by atoms with Gasteiger partial charge in [-0.15, -0.1) is 11.8 Å². The van der Waals surface area contributed by atoms with Gasteiger partial charge in [-0.2, -0.15) is 16.3 Å². The largest absolute Gasteiger partial charge is 0.454 e. The van der Waals surface area contributed by atoms with E-state index >= 15 is 0 Å². The number of carbonyl (C=O) groups excluding carboxylic acids is 2. The number of thiophene rings is 1. The quantitative estimate of drug-likeness (QED) is 0.702. The van der Waals surface area contributed by atoms with Crippen molar-refractivity contribution in [2.24, 2.45) is 0 Å². The molecule has 0 bridgehead atoms. The first kappa shape index (κ1) is 15.9. The molecule has 0 radical (unpaired) electrons. The van der Waals surface area contributed by atoms with Crippen molar-refractivity contribution in [1.82, 2.24) is 10.1 Å². The molecule has 25 heavy (non-hydrogen) atoms. The van der Waals surface area contributed by atoms with Crippen LogP contribution in [-0.4, -0.2) is 27.8 Å². The molecule has 0 fully saturated rings. The molecule has 2 aromatic heterocycles. The van der Waals surface area contributed by atoms with E-state index in [4.69, 9.17) is 9.26 Å². The number of hydrogen-bond acceptors (Lipinski definition) is 8. The molecule has 1 amide bonds. The summed E-state index contributed by atoms with van der Waals surface area (Å²) in [6.45, 7) is -0.0926. The van der Waals surface area contributed by atoms with Crippen LogP contribution >= 0.6 is 23.1 Å². The number of fused-ring (bicyclic) bond motifs is 1. The number of ether oxygens (including phenoxy) is 1. The fourth-order valence-corrected chi connectivity index (χ4v) is 3.66. The van der Waals surface area contributed by atoms with Crippen LogP contribution in [0.5, 0.6) is 0 Å². The molecular formula is C16H11N3O4S2. The standard InChI is InChI=1S/C16H11N3O4S2/c20-14-8-25-12-2-1-9(5-11(12)17-14)16(21)22-6-13-18-15(23-19-13)10-3-4-24-7-10/h1-5,7H,6,8H2,(H,17,20). The highest BCUT2D eigenvalue weighted by Crippen LogP contribution is 2.32. The number of amides is 1. The van der Waals surface area contributed by atoms with Gasteiger partial charge < -0.3 is 14.6 Å². The Bertz CT molecular complexity index is 937. The summed E-state index contributed by atoms with van der Waals surface area (Å²) in [4.78, 5) is 28.8. The van der Waals surface area contributed by atoms with Crippen LogP contribution < -0.4 is 5.32 Å². The van der Waals surface area contributed by atoms with Crippen LogP contribution in [0.4, 0.5) is 5.69 Å². The number of thioether (sulfide) groups is 1. The number of esters is 1. The highest BCUT2D eigenvalue weighted by Gasteiger charge is 2.18. The third-order valence-electron chi connectivity index (χ3n) is 3.42. The molecule has 0 unspecified atom stereocenters. The molecule has 1 N–H and O–H groups in total. The lowest BCUT2D eigenvalue weighted by molar-refractivity contribution is -0.113. The first-order chi connectivity index (χ1) is 12.2. The summed E-state index contributed by atoms with van der Waals surface area (Å²) in [7, 11) is 0. The Kier molecular flexibility index (Phi) is 4.24. The highest BCUT2D eigenvalue weighted by molar-refractivity contribution is 8.00. The number of nitrogens with zero attached hydrogens (tertiary/aromatic N) is 2. The molecule has 126 valence electrons. The van der Waals surface area contributed by atoms with Crippen LogP contribution in [-0.2, 0) is 16.1 Å². The summed E-state index contributed by atoms with van der Waals surface area (Å²) in [6.07, 6.45) is 0. The van der Waals surface area contributed by atoms with Gasteiger partial charge in [-0.1, -0.05) is 5.16 Å². The van der Waals surface area contributed by atoms with Gasteiger partial charge in [-0.05, 0) is 29.6 Å². The van der Waals surface area contributed by atoms with Gasteiger partial charge in [0.1, 0.15) is 0 Å². The van der Waals surface area contributed by atoms with E-state index in [2.05, 4.69) is 15.5 Å². The molecule has 1 aliphatic heterocycles. The molecule has 1 aromatic carbocycles. The molecule has 0 aliphatic carbocycles. The van der Waals surface area contributed by atoms with Crippen molar-refractivity contribution in [2.75, 3.05) is 11.1 Å². The molecule has 3 heterocycles. The highest BCUT2D eigenvalue weighted by atomic mass is 32.2. The van der Waals surface area contributed by atoms with E-state index in [1.807, 2.05) is 16.8 Å². The second-order valence-corrected chi connectivity index (χ2v) is 6.95. The van der Waals surface area contributed by atoms with Crippen LogP contribution in [0.3, 0.4) is 0 Å². The SMILES string of the molecule is O=C1CSc2ccc(C(=O)OCc3noc(-c4ccsc4)n3)cc2N1. The number of aromatic nitrogens is 2. The fourth-order valence-electron chi connectivity index (χ4n) is 2.24. The van der Waals surface area contributed by atoms with Gasteiger partial charge in [-0.3, -0.25) is 4.79 Å². The Morgan fingerprint density at radius 1 is 1.36 bits per heavy atom. The zero-order chi connectivity index (χ0) is 17.2. The van der Waals surface area contributed by atoms with E-state index in [0.717, 1.165) is 10.5 Å². The summed E-state index contributed by atoms with van der Waals surface area (Å²) in [5, 5.41) is 10.3. The van der Waals surface area contributed by atoms with Crippen LogP contribution in [0.25, 0.3) is 11.5 Å². The van der Waals surface area contributed by atoms with Gasteiger partial charge in [0.15, 0.2) is 6.61 Å². The summed E-state index contributed by atoms with van der Waals surface area (Å²) in [5.41, 5.74) is 1.80. The minimum absolute atomic E-state index is 0.0872. The Morgan fingerprint density at radius 2 is 2.28 bits per heavy atom. The lowest BCUT2D eigenvalue weighted by Gasteiger charge is -2.16. The number of carbonyl (C=O) groups is 2. The number of anilines is 1. The van der Waals surface area contributed by atoms with Crippen molar-refractivity contribution in [3.63, 3.8) is 0 Å². The smallest absolute Gasteiger partial charge is 0.338 e. The van der Waals surface area contributed by atoms with Crippen molar-refractivity contribution in [2.45, 2.75) is 11.5 Å². The summed E-state index contributed by atoms with van der Waals surface area (Å²) >= 11 is 2.96. The van der Waals surface area contributed by atoms with Gasteiger partial charge in [0.25, 0.3) is 5.89 Å². The number of nitrogens with one attached hydrogen (secondary N) is 1. The molecule has 0 atom stereocenters. The van der Waals surface area contributed by atoms with E-state index in [1.54, 1.807) is 18.2 Å². The predicted octanol–water partition coefficient (Wildman–Crippen LogP) is 3.20. The van der Waals surface area contributed by atoms with E-state index in [-0.39, 0.29) is 18.3 Å². The zero-order valence-electron chi connectivity index (χ0n) is 12.7. The lowest BCUT2D eigenvalue weighted by Crippen LogP contribution is -2.19. The average Bonchev–Trinajstić information content (AvgIpc) is 3.30. The van der Waals surface area contributed by atoms with E-state index in [0.29, 0.717) is 22.9 Å². The molecular weight excluding hydrogens is 362 g/mol. The van der Waals surface area contributed by atoms with Crippen molar-refractivity contribution in [1.29, 1.82) is 0 Å². The molecule has 9 heteroatoms. The number of rotatable bonds is 4. The normalized spacial score (nSPS) is 13.2. The van der Waals surface area contributed by atoms with E-state index in [9.17, 15) is 9.59 Å². The van der Waals surface area contributed by atoms with Gasteiger partial charge in [0.05, 0.1) is 22.6 Å². The molecule has 0 saturated heterocycles. The second-order valence-electron chi connectivity index (χ2n) is 5.15. The molecule has 0 saturated carbocycles. The number of benzene rings is 1. The topological polar surface area (TPSA) is 94.3 Å². The van der Waals surface area contributed by atoms with Crippen LogP contribution in [0.1, 0.15) is 16.2 Å². The van der Waals surface area contributed by atoms with Crippen LogP contribution in [0.2, 0.25) is 0 Å². The van der Waals surface area contributed by atoms with Gasteiger partial charge >= 0.3 is 5.97 Å². The van der Waals surface area contributed by atoms with E-state index < -0.39 is 5.97 Å². The Balaban J connectivity index is 1.42. The van der Waals surface area contributed by atoms with E-state index in [1.165, 1.54) is 23.1 Å². The molecule has 7 nitrogen and oxygen atoms in total. The average molecular weight is 373 g/mol. The summed E-state index contributed by atoms with van der Waals surface area (Å²) in [5.74, 6) is 0.448. The van der Waals surface area contributed by atoms with Crippen molar-refractivity contribution < 1.29 is 18.8 Å². The van der Waals surface area contributed by atoms with Crippen LogP contribution in [0.15, 0.2) is 44.4 Å². The number of hydrogen-bond donors (Lipinski definition) is 1. The van der Waals surface area contributed by atoms with Crippen molar-refractivity contribution in [3.8, 4) is 11.5 Å². The lowest BCUT2D eigenvalue weighted by atomic mass is 10.2.